The molecule has 0 spiro atoms. The third-order valence-electron chi connectivity index (χ3n) is 3.19. The normalized spacial score (nSPS) is 10.6. The summed E-state index contributed by atoms with van der Waals surface area (Å²) in [6.07, 6.45) is 0.660. The third kappa shape index (κ3) is 3.23. The Hall–Kier alpha value is -1.90. The second-order valence-corrected chi connectivity index (χ2v) is 5.33. The smallest absolute Gasteiger partial charge is 0.222 e. The standard InChI is InChI=1S/C17H12Cl2N2/c18-16-15(13-9-5-2-6-10-13)14(20-17(19)21-16)11-12-7-3-1-4-8-12/h1-10H,11H2. The number of aromatic nitrogens is 2. The molecule has 2 nitrogen and oxygen atoms in total. The molecule has 3 rings (SSSR count). The molecule has 3 aromatic rings. The molecule has 4 heteroatoms. The Kier molecular flexibility index (Phi) is 4.18. The van der Waals surface area contributed by atoms with E-state index in [9.17, 15) is 0 Å². The van der Waals surface area contributed by atoms with Gasteiger partial charge in [0.25, 0.3) is 0 Å². The summed E-state index contributed by atoms with van der Waals surface area (Å²) in [6.45, 7) is 0. The van der Waals surface area contributed by atoms with Crippen LogP contribution in [-0.2, 0) is 6.42 Å². The van der Waals surface area contributed by atoms with Crippen molar-refractivity contribution in [3.8, 4) is 11.1 Å². The van der Waals surface area contributed by atoms with Crippen LogP contribution < -0.4 is 0 Å². The van der Waals surface area contributed by atoms with Gasteiger partial charge in [-0.15, -0.1) is 0 Å². The Bertz CT molecular complexity index is 743. The van der Waals surface area contributed by atoms with E-state index < -0.39 is 0 Å². The van der Waals surface area contributed by atoms with E-state index in [1.807, 2.05) is 48.5 Å². The quantitative estimate of drug-likeness (QED) is 0.500. The molecule has 0 unspecified atom stereocenters. The Labute approximate surface area is 133 Å². The maximum absolute atomic E-state index is 6.30. The summed E-state index contributed by atoms with van der Waals surface area (Å²) < 4.78 is 0. The van der Waals surface area contributed by atoms with Crippen molar-refractivity contribution in [2.75, 3.05) is 0 Å². The maximum Gasteiger partial charge on any atom is 0.224 e. The molecule has 1 heterocycles. The molecule has 0 N–H and O–H groups in total. The van der Waals surface area contributed by atoms with Gasteiger partial charge in [-0.3, -0.25) is 0 Å². The minimum atomic E-state index is 0.172. The minimum Gasteiger partial charge on any atom is -0.222 e. The fraction of sp³-hybridized carbons (Fsp3) is 0.0588. The number of rotatable bonds is 3. The van der Waals surface area contributed by atoms with E-state index in [0.717, 1.165) is 22.4 Å². The molecule has 0 bridgehead atoms. The fourth-order valence-corrected chi connectivity index (χ4v) is 2.78. The van der Waals surface area contributed by atoms with Crippen molar-refractivity contribution in [2.45, 2.75) is 6.42 Å². The van der Waals surface area contributed by atoms with Gasteiger partial charge in [0.1, 0.15) is 5.15 Å². The molecule has 0 aliphatic rings. The number of nitrogens with zero attached hydrogens (tertiary/aromatic N) is 2. The Morgan fingerprint density at radius 1 is 0.762 bits per heavy atom. The maximum atomic E-state index is 6.30. The van der Waals surface area contributed by atoms with Crippen molar-refractivity contribution in [1.29, 1.82) is 0 Å². The van der Waals surface area contributed by atoms with E-state index in [4.69, 9.17) is 23.2 Å². The lowest BCUT2D eigenvalue weighted by Crippen LogP contribution is -2.00. The van der Waals surface area contributed by atoms with E-state index in [2.05, 4.69) is 22.1 Å². The van der Waals surface area contributed by atoms with Crippen LogP contribution in [0.3, 0.4) is 0 Å². The zero-order valence-corrected chi connectivity index (χ0v) is 12.6. The summed E-state index contributed by atoms with van der Waals surface area (Å²) in [6, 6.07) is 20.0. The molecule has 0 aliphatic heterocycles. The van der Waals surface area contributed by atoms with Crippen LogP contribution in [-0.4, -0.2) is 9.97 Å². The summed E-state index contributed by atoms with van der Waals surface area (Å²) in [5.41, 5.74) is 3.81. The Morgan fingerprint density at radius 3 is 2.05 bits per heavy atom. The zero-order valence-electron chi connectivity index (χ0n) is 11.1. The predicted molar refractivity (Wildman–Crippen MR) is 86.7 cm³/mol. The molecule has 104 valence electrons. The third-order valence-corrected chi connectivity index (χ3v) is 3.63. The van der Waals surface area contributed by atoms with Crippen molar-refractivity contribution >= 4 is 23.2 Å². The van der Waals surface area contributed by atoms with Gasteiger partial charge in [-0.1, -0.05) is 72.3 Å². The summed E-state index contributed by atoms with van der Waals surface area (Å²) in [5, 5.41) is 0.553. The van der Waals surface area contributed by atoms with E-state index in [1.165, 1.54) is 0 Å². The van der Waals surface area contributed by atoms with Crippen LogP contribution >= 0.6 is 23.2 Å². The zero-order chi connectivity index (χ0) is 14.7. The van der Waals surface area contributed by atoms with Gasteiger partial charge in [-0.2, -0.15) is 0 Å². The van der Waals surface area contributed by atoms with Gasteiger partial charge in [0, 0.05) is 12.0 Å². The molecule has 0 atom stereocenters. The van der Waals surface area contributed by atoms with Crippen LogP contribution in [0.5, 0.6) is 0 Å². The van der Waals surface area contributed by atoms with Crippen LogP contribution in [0.15, 0.2) is 60.7 Å². The van der Waals surface area contributed by atoms with Gasteiger partial charge in [0.05, 0.1) is 5.69 Å². The molecular formula is C17H12Cl2N2. The first kappa shape index (κ1) is 14.1. The van der Waals surface area contributed by atoms with Gasteiger partial charge in [0.2, 0.25) is 5.28 Å². The highest BCUT2D eigenvalue weighted by Gasteiger charge is 2.14. The van der Waals surface area contributed by atoms with Gasteiger partial charge in [-0.05, 0) is 22.7 Å². The van der Waals surface area contributed by atoms with E-state index in [-0.39, 0.29) is 5.28 Å². The molecule has 0 amide bonds. The molecule has 0 radical (unpaired) electrons. The average molecular weight is 315 g/mol. The Balaban J connectivity index is 2.11. The van der Waals surface area contributed by atoms with E-state index in [0.29, 0.717) is 11.6 Å². The highest BCUT2D eigenvalue weighted by atomic mass is 35.5. The van der Waals surface area contributed by atoms with Crippen LogP contribution in [0.4, 0.5) is 0 Å². The van der Waals surface area contributed by atoms with Crippen molar-refractivity contribution in [1.82, 2.24) is 9.97 Å². The van der Waals surface area contributed by atoms with Crippen molar-refractivity contribution < 1.29 is 0 Å². The number of hydrogen-bond acceptors (Lipinski definition) is 2. The molecular weight excluding hydrogens is 303 g/mol. The fourth-order valence-electron chi connectivity index (χ4n) is 2.26. The molecule has 0 aliphatic carbocycles. The topological polar surface area (TPSA) is 25.8 Å². The summed E-state index contributed by atoms with van der Waals surface area (Å²) in [4.78, 5) is 8.45. The van der Waals surface area contributed by atoms with Crippen molar-refractivity contribution in [2.24, 2.45) is 0 Å². The molecule has 0 fully saturated rings. The number of hydrogen-bond donors (Lipinski definition) is 0. The first-order valence-electron chi connectivity index (χ1n) is 6.55. The Morgan fingerprint density at radius 2 is 1.38 bits per heavy atom. The molecule has 0 saturated carbocycles. The molecule has 1 aromatic heterocycles. The van der Waals surface area contributed by atoms with Crippen LogP contribution in [0.1, 0.15) is 11.3 Å². The van der Waals surface area contributed by atoms with Crippen LogP contribution in [0, 0.1) is 0 Å². The molecule has 0 saturated heterocycles. The lowest BCUT2D eigenvalue weighted by atomic mass is 10.0. The lowest BCUT2D eigenvalue weighted by Gasteiger charge is -2.11. The minimum absolute atomic E-state index is 0.172. The lowest BCUT2D eigenvalue weighted by molar-refractivity contribution is 1.03. The highest BCUT2D eigenvalue weighted by molar-refractivity contribution is 6.33. The second kappa shape index (κ2) is 6.25. The monoisotopic (exact) mass is 314 g/mol. The first-order chi connectivity index (χ1) is 10.2. The highest BCUT2D eigenvalue weighted by Crippen LogP contribution is 2.31. The van der Waals surface area contributed by atoms with Gasteiger partial charge >= 0.3 is 0 Å². The van der Waals surface area contributed by atoms with Crippen molar-refractivity contribution in [3.05, 3.63) is 82.4 Å². The van der Waals surface area contributed by atoms with Crippen LogP contribution in [0.25, 0.3) is 11.1 Å². The SMILES string of the molecule is Clc1nc(Cl)c(-c2ccccc2)c(Cc2ccccc2)n1. The summed E-state index contributed by atoms with van der Waals surface area (Å²) in [5.74, 6) is 0. The number of benzene rings is 2. The second-order valence-electron chi connectivity index (χ2n) is 4.63. The van der Waals surface area contributed by atoms with E-state index in [1.54, 1.807) is 0 Å². The first-order valence-corrected chi connectivity index (χ1v) is 7.31. The molecule has 21 heavy (non-hydrogen) atoms. The van der Waals surface area contributed by atoms with Gasteiger partial charge in [0.15, 0.2) is 0 Å². The van der Waals surface area contributed by atoms with Gasteiger partial charge < -0.3 is 0 Å². The van der Waals surface area contributed by atoms with Crippen molar-refractivity contribution in [3.63, 3.8) is 0 Å². The predicted octanol–water partition coefficient (Wildman–Crippen LogP) is 5.04. The summed E-state index contributed by atoms with van der Waals surface area (Å²) >= 11 is 12.3. The largest absolute Gasteiger partial charge is 0.224 e. The van der Waals surface area contributed by atoms with Gasteiger partial charge in [-0.25, -0.2) is 9.97 Å². The van der Waals surface area contributed by atoms with Crippen LogP contribution in [0.2, 0.25) is 10.4 Å². The number of halogens is 2. The van der Waals surface area contributed by atoms with E-state index >= 15 is 0 Å². The molecule has 2 aromatic carbocycles. The average Bonchev–Trinajstić information content (AvgIpc) is 2.48. The summed E-state index contributed by atoms with van der Waals surface area (Å²) in [7, 11) is 0.